The Morgan fingerprint density at radius 1 is 1.30 bits per heavy atom. The Bertz CT molecular complexity index is 207. The van der Waals surface area contributed by atoms with Crippen LogP contribution < -0.4 is 0 Å². The predicted molar refractivity (Wildman–Crippen MR) is 50.0 cm³/mol. The van der Waals surface area contributed by atoms with Gasteiger partial charge in [-0.05, 0) is 40.3 Å². The van der Waals surface area contributed by atoms with Gasteiger partial charge in [-0.15, -0.1) is 0 Å². The molecule has 10 heavy (non-hydrogen) atoms. The Morgan fingerprint density at radius 3 is 2.20 bits per heavy atom. The van der Waals surface area contributed by atoms with Crippen molar-refractivity contribution in [2.45, 2.75) is 5.56 Å². The number of halogens is 2. The largest absolute Gasteiger partial charge is 0.373 e. The maximum atomic E-state index is 8.88. The summed E-state index contributed by atoms with van der Waals surface area (Å²) in [7, 11) is 0. The van der Waals surface area contributed by atoms with Crippen LogP contribution in [0.1, 0.15) is 11.1 Å². The van der Waals surface area contributed by atoms with E-state index in [1.165, 1.54) is 0 Å². The molecule has 1 unspecified atom stereocenters. The van der Waals surface area contributed by atoms with Crippen LogP contribution in [-0.4, -0.2) is 5.11 Å². The fourth-order valence-electron chi connectivity index (χ4n) is 0.622. The maximum absolute atomic E-state index is 8.88. The van der Waals surface area contributed by atoms with E-state index in [2.05, 4.69) is 22.6 Å². The van der Waals surface area contributed by atoms with Gasteiger partial charge >= 0.3 is 0 Å². The van der Waals surface area contributed by atoms with E-state index in [1.54, 1.807) is 12.1 Å². The average molecular weight is 268 g/mol. The average Bonchev–Trinajstić information content (AvgIpc) is 1.88. The van der Waals surface area contributed by atoms with Gasteiger partial charge in [0.05, 0.1) is 0 Å². The quantitative estimate of drug-likeness (QED) is 0.613. The van der Waals surface area contributed by atoms with E-state index in [0.29, 0.717) is 0 Å². The normalized spacial score (nSPS) is 13.1. The first kappa shape index (κ1) is 8.30. The zero-order valence-electron chi connectivity index (χ0n) is 5.09. The number of aliphatic hydroxyl groups is 1. The highest BCUT2D eigenvalue weighted by Gasteiger charge is 1.99. The highest BCUT2D eigenvalue weighted by atomic mass is 127. The van der Waals surface area contributed by atoms with E-state index in [1.807, 2.05) is 12.1 Å². The van der Waals surface area contributed by atoms with Crippen molar-refractivity contribution in [3.05, 3.63) is 33.4 Å². The van der Waals surface area contributed by atoms with Crippen molar-refractivity contribution in [3.63, 3.8) is 0 Å². The minimum Gasteiger partial charge on any atom is -0.373 e. The topological polar surface area (TPSA) is 20.2 Å². The molecule has 0 aliphatic carbocycles. The lowest BCUT2D eigenvalue weighted by Gasteiger charge is -2.00. The molecule has 0 aromatic heterocycles. The molecule has 1 rings (SSSR count). The Morgan fingerprint density at radius 2 is 1.80 bits per heavy atom. The first-order chi connectivity index (χ1) is 4.70. The van der Waals surface area contributed by atoms with Gasteiger partial charge in [0, 0.05) is 3.57 Å². The second kappa shape index (κ2) is 3.55. The van der Waals surface area contributed by atoms with Crippen LogP contribution in [0.3, 0.4) is 0 Å². The van der Waals surface area contributed by atoms with Gasteiger partial charge < -0.3 is 5.11 Å². The molecule has 0 aliphatic heterocycles. The third kappa shape index (κ3) is 2.11. The molecule has 54 valence electrons. The Labute approximate surface area is 78.2 Å². The van der Waals surface area contributed by atoms with Crippen LogP contribution in [0.2, 0.25) is 0 Å². The summed E-state index contributed by atoms with van der Waals surface area (Å²) in [5.41, 5.74) is -0.140. The lowest BCUT2D eigenvalue weighted by atomic mass is 10.2. The van der Waals surface area contributed by atoms with Crippen LogP contribution in [0.15, 0.2) is 24.3 Å². The van der Waals surface area contributed by atoms with Gasteiger partial charge in [-0.3, -0.25) is 0 Å². The summed E-state index contributed by atoms with van der Waals surface area (Å²) in [6.07, 6.45) is 0. The molecular weight excluding hydrogens is 262 g/mol. The summed E-state index contributed by atoms with van der Waals surface area (Å²) >= 11 is 7.60. The number of alkyl halides is 1. The fourth-order valence-corrected chi connectivity index (χ4v) is 1.13. The monoisotopic (exact) mass is 268 g/mol. The lowest BCUT2D eigenvalue weighted by molar-refractivity contribution is 0.263. The van der Waals surface area contributed by atoms with Gasteiger partial charge in [-0.25, -0.2) is 0 Å². The van der Waals surface area contributed by atoms with Gasteiger partial charge in [-0.2, -0.15) is 0 Å². The van der Waals surface area contributed by atoms with Gasteiger partial charge in [0.2, 0.25) is 0 Å². The molecule has 3 heteroatoms. The number of rotatable bonds is 1. The van der Waals surface area contributed by atoms with Gasteiger partial charge in [-0.1, -0.05) is 23.7 Å². The summed E-state index contributed by atoms with van der Waals surface area (Å²) in [5, 5.41) is 8.88. The van der Waals surface area contributed by atoms with E-state index in [-0.39, 0.29) is 0 Å². The minimum atomic E-state index is -0.878. The molecule has 1 aromatic rings. The van der Waals surface area contributed by atoms with Gasteiger partial charge in [0.25, 0.3) is 0 Å². The second-order valence-corrected chi connectivity index (χ2v) is 3.55. The van der Waals surface area contributed by atoms with Crippen molar-refractivity contribution in [2.75, 3.05) is 0 Å². The van der Waals surface area contributed by atoms with Gasteiger partial charge in [0.15, 0.2) is 5.56 Å². The molecule has 0 spiro atoms. The molecule has 0 bridgehead atoms. The van der Waals surface area contributed by atoms with E-state index < -0.39 is 5.56 Å². The summed E-state index contributed by atoms with van der Waals surface area (Å²) in [5.74, 6) is 0. The van der Waals surface area contributed by atoms with Crippen LogP contribution >= 0.6 is 34.2 Å². The molecule has 0 aliphatic rings. The first-order valence-corrected chi connectivity index (χ1v) is 4.29. The maximum Gasteiger partial charge on any atom is 0.153 e. The van der Waals surface area contributed by atoms with Crippen molar-refractivity contribution < 1.29 is 5.11 Å². The highest BCUT2D eigenvalue weighted by Crippen LogP contribution is 2.17. The molecule has 0 saturated carbocycles. The van der Waals surface area contributed by atoms with E-state index in [4.69, 9.17) is 16.7 Å². The molecular formula is C7H6ClIO. The predicted octanol–water partition coefficient (Wildman–Crippen LogP) is 2.52. The molecule has 1 atom stereocenters. The summed E-state index contributed by atoms with van der Waals surface area (Å²) in [6, 6.07) is 7.42. The SMILES string of the molecule is OC(Cl)c1ccc(I)cc1. The van der Waals surface area contributed by atoms with Crippen molar-refractivity contribution >= 4 is 34.2 Å². The molecule has 1 aromatic carbocycles. The fraction of sp³-hybridized carbons (Fsp3) is 0.143. The van der Waals surface area contributed by atoms with E-state index in [0.717, 1.165) is 9.13 Å². The smallest absolute Gasteiger partial charge is 0.153 e. The Hall–Kier alpha value is 0.200. The third-order valence-electron chi connectivity index (χ3n) is 1.15. The summed E-state index contributed by atoms with van der Waals surface area (Å²) in [4.78, 5) is 0. The van der Waals surface area contributed by atoms with Crippen molar-refractivity contribution in [2.24, 2.45) is 0 Å². The standard InChI is InChI=1S/C7H6ClIO/c8-7(10)5-1-3-6(9)4-2-5/h1-4,7,10H. The van der Waals surface area contributed by atoms with Crippen molar-refractivity contribution in [1.82, 2.24) is 0 Å². The lowest BCUT2D eigenvalue weighted by Crippen LogP contribution is -1.86. The molecule has 0 amide bonds. The van der Waals surface area contributed by atoms with Crippen LogP contribution in [0, 0.1) is 3.57 Å². The Kier molecular flexibility index (Phi) is 2.95. The number of hydrogen-bond acceptors (Lipinski definition) is 1. The van der Waals surface area contributed by atoms with Crippen LogP contribution in [0.5, 0.6) is 0 Å². The zero-order valence-corrected chi connectivity index (χ0v) is 8.00. The Balaban J connectivity index is 2.89. The highest BCUT2D eigenvalue weighted by molar-refractivity contribution is 14.1. The second-order valence-electron chi connectivity index (χ2n) is 1.89. The molecule has 1 nitrogen and oxygen atoms in total. The van der Waals surface area contributed by atoms with Crippen LogP contribution in [-0.2, 0) is 0 Å². The summed E-state index contributed by atoms with van der Waals surface area (Å²) in [6.45, 7) is 0. The molecule has 0 fully saturated rings. The van der Waals surface area contributed by atoms with E-state index in [9.17, 15) is 0 Å². The number of aliphatic hydroxyl groups excluding tert-OH is 1. The van der Waals surface area contributed by atoms with Gasteiger partial charge in [0.1, 0.15) is 0 Å². The third-order valence-corrected chi connectivity index (χ3v) is 2.12. The number of benzene rings is 1. The van der Waals surface area contributed by atoms with Crippen LogP contribution in [0.25, 0.3) is 0 Å². The van der Waals surface area contributed by atoms with Crippen LogP contribution in [0.4, 0.5) is 0 Å². The first-order valence-electron chi connectivity index (χ1n) is 2.78. The molecule has 0 heterocycles. The molecule has 0 radical (unpaired) electrons. The molecule has 1 N–H and O–H groups in total. The van der Waals surface area contributed by atoms with E-state index >= 15 is 0 Å². The molecule has 0 saturated heterocycles. The van der Waals surface area contributed by atoms with Crippen molar-refractivity contribution in [3.8, 4) is 0 Å². The minimum absolute atomic E-state index is 0.738. The zero-order chi connectivity index (χ0) is 7.56. The summed E-state index contributed by atoms with van der Waals surface area (Å²) < 4.78 is 1.14. The van der Waals surface area contributed by atoms with Crippen molar-refractivity contribution in [1.29, 1.82) is 0 Å². The number of hydrogen-bond donors (Lipinski definition) is 1.